The molecule has 140 valence electrons. The lowest BCUT2D eigenvalue weighted by molar-refractivity contribution is 0.322. The Morgan fingerprint density at radius 1 is 0.885 bits per heavy atom. The van der Waals surface area contributed by atoms with E-state index in [1.807, 2.05) is 0 Å². The Labute approximate surface area is 175 Å². The summed E-state index contributed by atoms with van der Waals surface area (Å²) >= 11 is 7.60. The Bertz CT molecular complexity index is 656. The van der Waals surface area contributed by atoms with Gasteiger partial charge in [-0.15, -0.1) is 0 Å². The van der Waals surface area contributed by atoms with E-state index in [1.54, 1.807) is 0 Å². The Balaban J connectivity index is 1.43. The van der Waals surface area contributed by atoms with Crippen molar-refractivity contribution in [2.24, 2.45) is 0 Å². The molecule has 0 radical (unpaired) electrons. The zero-order valence-corrected chi connectivity index (χ0v) is 18.8. The first-order valence-corrected chi connectivity index (χ1v) is 11.5. The normalized spacial score (nSPS) is 23.3. The predicted octanol–water partition coefficient (Wildman–Crippen LogP) is 6.55. The average Bonchev–Trinajstić information content (AvgIpc) is 2.65. The first-order valence-electron chi connectivity index (χ1n) is 9.71. The highest BCUT2D eigenvalue weighted by molar-refractivity contribution is 9.12. The van der Waals surface area contributed by atoms with E-state index in [9.17, 15) is 0 Å². The Morgan fingerprint density at radius 3 is 2.31 bits per heavy atom. The molecule has 1 fully saturated rings. The van der Waals surface area contributed by atoms with E-state index in [1.165, 1.54) is 42.4 Å². The fourth-order valence-corrected chi connectivity index (χ4v) is 5.06. The van der Waals surface area contributed by atoms with E-state index in [-0.39, 0.29) is 0 Å². The average molecular weight is 479 g/mol. The summed E-state index contributed by atoms with van der Waals surface area (Å²) in [5.41, 5.74) is 4.37. The van der Waals surface area contributed by atoms with Crippen LogP contribution < -0.4 is 0 Å². The van der Waals surface area contributed by atoms with Gasteiger partial charge in [-0.2, -0.15) is 0 Å². The van der Waals surface area contributed by atoms with Gasteiger partial charge in [0.25, 0.3) is 0 Å². The zero-order valence-electron chi connectivity index (χ0n) is 15.6. The lowest BCUT2D eigenvalue weighted by atomic mass is 9.83. The van der Waals surface area contributed by atoms with Crippen molar-refractivity contribution >= 4 is 31.9 Å². The van der Waals surface area contributed by atoms with Gasteiger partial charge in [-0.1, -0.05) is 86.5 Å². The third kappa shape index (κ3) is 5.94. The van der Waals surface area contributed by atoms with Crippen molar-refractivity contribution in [3.05, 3.63) is 71.3 Å². The Morgan fingerprint density at radius 2 is 1.62 bits per heavy atom. The first-order chi connectivity index (χ1) is 12.6. The van der Waals surface area contributed by atoms with Crippen LogP contribution in [0.15, 0.2) is 54.6 Å². The van der Waals surface area contributed by atoms with E-state index in [0.29, 0.717) is 15.6 Å². The van der Waals surface area contributed by atoms with Gasteiger partial charge in [0.15, 0.2) is 0 Å². The molecular formula is C23H29Br2N. The van der Waals surface area contributed by atoms with Crippen LogP contribution in [0.5, 0.6) is 0 Å². The maximum absolute atomic E-state index is 3.83. The van der Waals surface area contributed by atoms with Crippen LogP contribution in [0.2, 0.25) is 0 Å². The summed E-state index contributed by atoms with van der Waals surface area (Å²) in [6.07, 6.45) is 6.16. The van der Waals surface area contributed by atoms with Crippen LogP contribution in [0.4, 0.5) is 0 Å². The number of hydrogen-bond acceptors (Lipinski definition) is 1. The molecule has 0 heterocycles. The molecule has 0 N–H and O–H groups in total. The van der Waals surface area contributed by atoms with Crippen LogP contribution in [0.3, 0.4) is 0 Å². The molecular weight excluding hydrogens is 450 g/mol. The van der Waals surface area contributed by atoms with Crippen LogP contribution >= 0.6 is 31.9 Å². The molecule has 0 spiro atoms. The minimum absolute atomic E-state index is 0.598. The van der Waals surface area contributed by atoms with Crippen molar-refractivity contribution in [2.75, 3.05) is 13.6 Å². The van der Waals surface area contributed by atoms with Crippen molar-refractivity contribution in [3.8, 4) is 0 Å². The third-order valence-electron chi connectivity index (χ3n) is 5.44. The monoisotopic (exact) mass is 477 g/mol. The maximum atomic E-state index is 3.83. The molecule has 3 heteroatoms. The Hall–Kier alpha value is -0.640. The second-order valence-corrected chi connectivity index (χ2v) is 9.96. The van der Waals surface area contributed by atoms with Crippen molar-refractivity contribution in [1.29, 1.82) is 0 Å². The van der Waals surface area contributed by atoms with Crippen molar-refractivity contribution in [1.82, 2.24) is 4.90 Å². The second-order valence-electron chi connectivity index (χ2n) is 7.61. The smallest absolute Gasteiger partial charge is 0.0276 e. The number of aryl methyl sites for hydroxylation is 1. The number of hydrogen-bond donors (Lipinski definition) is 0. The molecule has 0 bridgehead atoms. The summed E-state index contributed by atoms with van der Waals surface area (Å²) in [7, 11) is 2.22. The van der Waals surface area contributed by atoms with E-state index >= 15 is 0 Å². The molecule has 0 aromatic heterocycles. The summed E-state index contributed by atoms with van der Waals surface area (Å²) in [6.45, 7) is 2.17. The quantitative estimate of drug-likeness (QED) is 0.408. The van der Waals surface area contributed by atoms with Crippen LogP contribution in [0, 0.1) is 0 Å². The number of halogens is 2. The molecule has 0 aliphatic heterocycles. The zero-order chi connectivity index (χ0) is 18.4. The summed E-state index contributed by atoms with van der Waals surface area (Å²) in [6, 6.07) is 20.1. The molecule has 0 amide bonds. The van der Waals surface area contributed by atoms with E-state index in [4.69, 9.17) is 0 Å². The summed E-state index contributed by atoms with van der Waals surface area (Å²) < 4.78 is 0. The highest BCUT2D eigenvalue weighted by atomic mass is 79.9. The number of rotatable bonds is 7. The van der Waals surface area contributed by atoms with Gasteiger partial charge in [-0.3, -0.25) is 0 Å². The highest BCUT2D eigenvalue weighted by Gasteiger charge is 2.27. The number of benzene rings is 2. The molecule has 26 heavy (non-hydrogen) atoms. The van der Waals surface area contributed by atoms with E-state index < -0.39 is 0 Å². The minimum Gasteiger partial charge on any atom is -0.302 e. The van der Waals surface area contributed by atoms with Crippen molar-refractivity contribution in [2.45, 2.75) is 54.2 Å². The number of alkyl halides is 2. The van der Waals surface area contributed by atoms with Gasteiger partial charge < -0.3 is 4.90 Å². The van der Waals surface area contributed by atoms with Gasteiger partial charge in [0, 0.05) is 16.2 Å². The molecule has 1 saturated carbocycles. The molecule has 0 saturated heterocycles. The maximum Gasteiger partial charge on any atom is 0.0276 e. The lowest BCUT2D eigenvalue weighted by Gasteiger charge is -2.30. The van der Waals surface area contributed by atoms with Crippen LogP contribution in [0.25, 0.3) is 0 Å². The standard InChI is InChI=1S/C23H29Br2N/c1-26(17-19-6-3-2-4-7-19)15-5-8-18-9-11-20(12-10-18)21-13-14-22(24)23(25)16-21/h2-4,6-7,9-12,21-23H,5,8,13-17H2,1H3. The van der Waals surface area contributed by atoms with Crippen LogP contribution in [0.1, 0.15) is 48.3 Å². The summed E-state index contributed by atoms with van der Waals surface area (Å²) in [5.74, 6) is 0.708. The molecule has 1 aliphatic carbocycles. The highest BCUT2D eigenvalue weighted by Crippen LogP contribution is 2.39. The van der Waals surface area contributed by atoms with Gasteiger partial charge in [-0.05, 0) is 68.3 Å². The van der Waals surface area contributed by atoms with E-state index in [0.717, 1.165) is 19.5 Å². The predicted molar refractivity (Wildman–Crippen MR) is 120 cm³/mol. The SMILES string of the molecule is CN(CCCc1ccc(C2CCC(Br)C(Br)C2)cc1)Cc1ccccc1. The van der Waals surface area contributed by atoms with Crippen molar-refractivity contribution < 1.29 is 0 Å². The molecule has 3 unspecified atom stereocenters. The summed E-state index contributed by atoms with van der Waals surface area (Å²) in [5, 5.41) is 0. The minimum atomic E-state index is 0.598. The fourth-order valence-electron chi connectivity index (χ4n) is 3.87. The fraction of sp³-hybridized carbons (Fsp3) is 0.478. The number of nitrogens with zero attached hydrogens (tertiary/aromatic N) is 1. The van der Waals surface area contributed by atoms with Gasteiger partial charge in [0.1, 0.15) is 0 Å². The summed E-state index contributed by atoms with van der Waals surface area (Å²) in [4.78, 5) is 3.64. The molecule has 2 aromatic rings. The molecule has 1 nitrogen and oxygen atoms in total. The van der Waals surface area contributed by atoms with Gasteiger partial charge >= 0.3 is 0 Å². The molecule has 2 aromatic carbocycles. The van der Waals surface area contributed by atoms with Crippen molar-refractivity contribution in [3.63, 3.8) is 0 Å². The van der Waals surface area contributed by atoms with E-state index in [2.05, 4.69) is 98.4 Å². The molecule has 3 atom stereocenters. The van der Waals surface area contributed by atoms with Crippen LogP contribution in [-0.4, -0.2) is 28.1 Å². The van der Waals surface area contributed by atoms with Crippen LogP contribution in [-0.2, 0) is 13.0 Å². The third-order valence-corrected chi connectivity index (χ3v) is 8.26. The topological polar surface area (TPSA) is 3.24 Å². The lowest BCUT2D eigenvalue weighted by Crippen LogP contribution is -2.23. The largest absolute Gasteiger partial charge is 0.302 e. The van der Waals surface area contributed by atoms with Gasteiger partial charge in [0.2, 0.25) is 0 Å². The first kappa shape index (κ1) is 20.1. The van der Waals surface area contributed by atoms with Gasteiger partial charge in [0.05, 0.1) is 0 Å². The second kappa shape index (κ2) is 10.1. The van der Waals surface area contributed by atoms with Gasteiger partial charge in [-0.25, -0.2) is 0 Å². The molecule has 3 rings (SSSR count). The molecule has 1 aliphatic rings. The Kier molecular flexibility index (Phi) is 7.77.